The molecule has 0 spiro atoms. The minimum Gasteiger partial charge on any atom is -0.390 e. The molecule has 1 fully saturated rings. The first-order valence-electron chi connectivity index (χ1n) is 7.18. The molecule has 20 heavy (non-hydrogen) atoms. The maximum atomic E-state index is 6.16. The number of anilines is 1. The van der Waals surface area contributed by atoms with Crippen molar-refractivity contribution in [3.05, 3.63) is 16.3 Å². The molecule has 4 rings (SSSR count). The monoisotopic (exact) mass is 307 g/mol. The summed E-state index contributed by atoms with van der Waals surface area (Å²) in [6, 6.07) is 0. The second-order valence-electron chi connectivity index (χ2n) is 5.41. The van der Waals surface area contributed by atoms with Crippen molar-refractivity contribution in [1.29, 1.82) is 0 Å². The highest BCUT2D eigenvalue weighted by molar-refractivity contribution is 7.99. The van der Waals surface area contributed by atoms with Crippen LogP contribution in [0.2, 0.25) is 0 Å². The zero-order chi connectivity index (χ0) is 13.5. The van der Waals surface area contributed by atoms with E-state index in [4.69, 9.17) is 10.3 Å². The first kappa shape index (κ1) is 12.7. The third-order valence-corrected chi connectivity index (χ3v) is 6.57. The van der Waals surface area contributed by atoms with E-state index in [9.17, 15) is 0 Å². The van der Waals surface area contributed by atoms with E-state index in [2.05, 4.69) is 10.1 Å². The van der Waals surface area contributed by atoms with E-state index in [0.717, 1.165) is 35.7 Å². The van der Waals surface area contributed by atoms with E-state index in [0.29, 0.717) is 11.1 Å². The number of thiophene rings is 1. The van der Waals surface area contributed by atoms with Gasteiger partial charge in [-0.25, -0.2) is 0 Å². The first-order chi connectivity index (χ1) is 9.83. The minimum absolute atomic E-state index is 0.397. The van der Waals surface area contributed by atoms with Crippen molar-refractivity contribution in [3.8, 4) is 11.5 Å². The largest absolute Gasteiger partial charge is 0.390 e. The van der Waals surface area contributed by atoms with Crippen LogP contribution in [0, 0.1) is 0 Å². The molecule has 1 aliphatic heterocycles. The fourth-order valence-electron chi connectivity index (χ4n) is 3.07. The van der Waals surface area contributed by atoms with E-state index in [-0.39, 0.29) is 0 Å². The lowest BCUT2D eigenvalue weighted by Crippen LogP contribution is -2.03. The Morgan fingerprint density at radius 1 is 1.20 bits per heavy atom. The Kier molecular flexibility index (Phi) is 3.22. The number of rotatable bonds is 2. The number of hydrogen-bond donors (Lipinski definition) is 1. The van der Waals surface area contributed by atoms with Gasteiger partial charge in [0.25, 0.3) is 5.89 Å². The summed E-state index contributed by atoms with van der Waals surface area (Å²) in [7, 11) is 0. The maximum absolute atomic E-state index is 6.16. The van der Waals surface area contributed by atoms with Gasteiger partial charge in [-0.3, -0.25) is 0 Å². The Labute approximate surface area is 126 Å². The molecule has 106 valence electrons. The van der Waals surface area contributed by atoms with Crippen LogP contribution in [0.1, 0.15) is 47.2 Å². The average molecular weight is 307 g/mol. The summed E-state index contributed by atoms with van der Waals surface area (Å²) in [6.45, 7) is 0. The molecule has 1 saturated heterocycles. The van der Waals surface area contributed by atoms with E-state index in [1.165, 1.54) is 35.5 Å². The van der Waals surface area contributed by atoms with Crippen LogP contribution in [0.15, 0.2) is 4.52 Å². The van der Waals surface area contributed by atoms with Crippen molar-refractivity contribution in [3.63, 3.8) is 0 Å². The van der Waals surface area contributed by atoms with Crippen LogP contribution in [0.4, 0.5) is 5.00 Å². The summed E-state index contributed by atoms with van der Waals surface area (Å²) in [5.74, 6) is 2.68. The van der Waals surface area contributed by atoms with Gasteiger partial charge in [-0.15, -0.1) is 11.3 Å². The number of nitrogen functional groups attached to an aromatic ring is 1. The normalized spacial score (nSPS) is 22.1. The van der Waals surface area contributed by atoms with Gasteiger partial charge in [0.2, 0.25) is 0 Å². The molecule has 2 aromatic heterocycles. The Morgan fingerprint density at radius 2 is 2.15 bits per heavy atom. The topological polar surface area (TPSA) is 64.9 Å². The van der Waals surface area contributed by atoms with E-state index >= 15 is 0 Å². The summed E-state index contributed by atoms with van der Waals surface area (Å²) >= 11 is 3.63. The van der Waals surface area contributed by atoms with Crippen LogP contribution >= 0.6 is 23.1 Å². The first-order valence-corrected chi connectivity index (χ1v) is 9.05. The Bertz CT molecular complexity index is 628. The molecule has 1 unspecified atom stereocenters. The highest BCUT2D eigenvalue weighted by atomic mass is 32.2. The van der Waals surface area contributed by atoms with Gasteiger partial charge in [-0.05, 0) is 43.4 Å². The lowest BCUT2D eigenvalue weighted by atomic mass is 10.1. The zero-order valence-electron chi connectivity index (χ0n) is 11.2. The van der Waals surface area contributed by atoms with Crippen LogP contribution in [0.25, 0.3) is 11.5 Å². The van der Waals surface area contributed by atoms with Gasteiger partial charge in [0.15, 0.2) is 5.82 Å². The molecule has 1 atom stereocenters. The second kappa shape index (κ2) is 5.07. The number of thioether (sulfide) groups is 1. The molecule has 0 amide bonds. The summed E-state index contributed by atoms with van der Waals surface area (Å²) in [5.41, 5.74) is 8.52. The molecular formula is C14H17N3OS2. The van der Waals surface area contributed by atoms with E-state index in [1.54, 1.807) is 11.3 Å². The average Bonchev–Trinajstić information content (AvgIpc) is 3.15. The molecular weight excluding hydrogens is 290 g/mol. The van der Waals surface area contributed by atoms with Gasteiger partial charge in [0.05, 0.1) is 15.8 Å². The van der Waals surface area contributed by atoms with Crippen molar-refractivity contribution in [2.45, 2.75) is 43.8 Å². The molecule has 3 heterocycles. The molecule has 2 aliphatic rings. The molecule has 0 bridgehead atoms. The number of aryl methyl sites for hydroxylation is 1. The zero-order valence-corrected chi connectivity index (χ0v) is 12.9. The maximum Gasteiger partial charge on any atom is 0.261 e. The third kappa shape index (κ3) is 2.05. The minimum atomic E-state index is 0.397. The van der Waals surface area contributed by atoms with Gasteiger partial charge in [0.1, 0.15) is 0 Å². The number of nitrogens with two attached hydrogens (primary N) is 1. The number of aromatic nitrogens is 2. The van der Waals surface area contributed by atoms with Gasteiger partial charge in [-0.1, -0.05) is 11.6 Å². The summed E-state index contributed by atoms with van der Waals surface area (Å²) in [6.07, 6.45) is 7.17. The quantitative estimate of drug-likeness (QED) is 0.913. The van der Waals surface area contributed by atoms with Gasteiger partial charge < -0.3 is 10.3 Å². The Balaban J connectivity index is 1.68. The third-order valence-electron chi connectivity index (χ3n) is 4.07. The van der Waals surface area contributed by atoms with Crippen LogP contribution < -0.4 is 5.73 Å². The van der Waals surface area contributed by atoms with E-state index in [1.807, 2.05) is 11.8 Å². The number of fused-ring (bicyclic) bond motifs is 1. The summed E-state index contributed by atoms with van der Waals surface area (Å²) < 4.78 is 5.52. The fourth-order valence-corrected chi connectivity index (χ4v) is 5.46. The van der Waals surface area contributed by atoms with Crippen molar-refractivity contribution in [2.75, 3.05) is 11.5 Å². The molecule has 0 aromatic carbocycles. The highest BCUT2D eigenvalue weighted by Crippen LogP contribution is 2.44. The summed E-state index contributed by atoms with van der Waals surface area (Å²) in [4.78, 5) is 6.05. The molecule has 2 N–H and O–H groups in total. The van der Waals surface area contributed by atoms with Crippen molar-refractivity contribution >= 4 is 28.1 Å². The molecule has 2 aromatic rings. The molecule has 0 radical (unpaired) electrons. The highest BCUT2D eigenvalue weighted by Gasteiger charge is 2.27. The predicted molar refractivity (Wildman–Crippen MR) is 83.1 cm³/mol. The second-order valence-corrected chi connectivity index (χ2v) is 7.86. The summed E-state index contributed by atoms with van der Waals surface area (Å²) in [5, 5.41) is 5.44. The van der Waals surface area contributed by atoms with E-state index < -0.39 is 0 Å². The molecule has 1 aliphatic carbocycles. The van der Waals surface area contributed by atoms with Gasteiger partial charge in [-0.2, -0.15) is 16.7 Å². The van der Waals surface area contributed by atoms with Crippen molar-refractivity contribution in [2.24, 2.45) is 0 Å². The van der Waals surface area contributed by atoms with Crippen molar-refractivity contribution in [1.82, 2.24) is 10.1 Å². The lowest BCUT2D eigenvalue weighted by molar-refractivity contribution is 0.420. The number of nitrogens with zero attached hydrogens (tertiary/aromatic N) is 2. The van der Waals surface area contributed by atoms with Crippen LogP contribution in [-0.2, 0) is 12.8 Å². The molecule has 6 heteroatoms. The van der Waals surface area contributed by atoms with Gasteiger partial charge in [0, 0.05) is 4.88 Å². The van der Waals surface area contributed by atoms with Crippen molar-refractivity contribution < 1.29 is 4.52 Å². The SMILES string of the molecule is Nc1sc2c(c1-c1nc(C3CCCCS3)no1)CCC2. The Hall–Kier alpha value is -1.01. The predicted octanol–water partition coefficient (Wildman–Crippen LogP) is 3.83. The standard InChI is InChI=1S/C14H17N3OS2/c15-12-11(8-4-3-6-9(8)20-12)14-16-13(17-18-14)10-5-1-2-7-19-10/h10H,1-7,15H2. The van der Waals surface area contributed by atoms with Gasteiger partial charge >= 0.3 is 0 Å². The Morgan fingerprint density at radius 3 is 3.00 bits per heavy atom. The molecule has 4 nitrogen and oxygen atoms in total. The fraction of sp³-hybridized carbons (Fsp3) is 0.571. The smallest absolute Gasteiger partial charge is 0.261 e. The van der Waals surface area contributed by atoms with Crippen LogP contribution in [0.3, 0.4) is 0 Å². The molecule has 0 saturated carbocycles. The van der Waals surface area contributed by atoms with Crippen LogP contribution in [0.5, 0.6) is 0 Å². The lowest BCUT2D eigenvalue weighted by Gasteiger charge is -2.17. The van der Waals surface area contributed by atoms with Crippen LogP contribution in [-0.4, -0.2) is 15.9 Å². The number of hydrogen-bond acceptors (Lipinski definition) is 6.